The van der Waals surface area contributed by atoms with Crippen molar-refractivity contribution in [1.82, 2.24) is 0 Å². The minimum atomic E-state index is -4.92. The highest BCUT2D eigenvalue weighted by atomic mass is 32.3. The Balaban J connectivity index is 0.000000347. The highest BCUT2D eigenvalue weighted by Crippen LogP contribution is 2.19. The van der Waals surface area contributed by atoms with Gasteiger partial charge in [-0.25, -0.2) is 8.42 Å². The number of nitrogens with zero attached hydrogens (tertiary/aromatic N) is 1. The van der Waals surface area contributed by atoms with Crippen molar-refractivity contribution in [2.45, 2.75) is 0 Å². The van der Waals surface area contributed by atoms with E-state index in [0.717, 1.165) is 17.1 Å². The molecule has 0 amide bonds. The third kappa shape index (κ3) is 7.21. The largest absolute Gasteiger partial charge is 0.726 e. The minimum absolute atomic E-state index is 0.772. The van der Waals surface area contributed by atoms with E-state index in [2.05, 4.69) is 10.4 Å². The van der Waals surface area contributed by atoms with E-state index in [4.69, 9.17) is 23.1 Å². The van der Waals surface area contributed by atoms with Crippen LogP contribution in [0, 0.1) is 0 Å². The molecule has 0 saturated heterocycles. The molecule has 0 bridgehead atoms. The molecule has 0 unspecified atom stereocenters. The number of hydrogen-bond donors (Lipinski definition) is 3. The minimum Gasteiger partial charge on any atom is -0.726 e. The monoisotopic (exact) mass is 295 g/mol. The maximum absolute atomic E-state index is 8.63. The molecule has 0 aliphatic carbocycles. The summed E-state index contributed by atoms with van der Waals surface area (Å²) in [5.74, 6) is 0. The Labute approximate surface area is 116 Å². The van der Waals surface area contributed by atoms with Crippen LogP contribution in [0.5, 0.6) is 0 Å². The Bertz CT molecular complexity index is 634. The van der Waals surface area contributed by atoms with E-state index in [0.29, 0.717) is 0 Å². The topological polar surface area (TPSA) is 127 Å². The van der Waals surface area contributed by atoms with Crippen molar-refractivity contribution in [3.63, 3.8) is 0 Å². The standard InChI is InChI=1S/C12H11N3.H2O4S/c13-15-12-8-6-11(7-9-12)14-10-4-2-1-3-5-10;1-5(2,3)4/h1-9,13-14H;(H2,1,2,3,4). The highest BCUT2D eigenvalue weighted by molar-refractivity contribution is 7.79. The predicted octanol–water partition coefficient (Wildman–Crippen LogP) is 1.28. The highest BCUT2D eigenvalue weighted by Gasteiger charge is 1.94. The molecule has 20 heavy (non-hydrogen) atoms. The lowest BCUT2D eigenvalue weighted by Gasteiger charge is -2.05. The molecule has 2 aromatic rings. The van der Waals surface area contributed by atoms with Gasteiger partial charge in [-0.3, -0.25) is 4.55 Å². The summed E-state index contributed by atoms with van der Waals surface area (Å²) in [6, 6.07) is 17.6. The normalized spacial score (nSPS) is 10.1. The molecule has 0 spiro atoms. The zero-order valence-electron chi connectivity index (χ0n) is 10.3. The van der Waals surface area contributed by atoms with Gasteiger partial charge in [0.05, 0.1) is 0 Å². The summed E-state index contributed by atoms with van der Waals surface area (Å²) in [5, 5.41) is 6.86. The fourth-order valence-electron chi connectivity index (χ4n) is 1.32. The molecule has 8 heteroatoms. The quantitative estimate of drug-likeness (QED) is 0.446. The van der Waals surface area contributed by atoms with Crippen molar-refractivity contribution in [1.29, 1.82) is 0 Å². The zero-order chi connectivity index (χ0) is 15.0. The number of nitrogens with two attached hydrogens (primary N) is 1. The van der Waals surface area contributed by atoms with Gasteiger partial charge in [0.1, 0.15) is 5.69 Å². The van der Waals surface area contributed by atoms with Gasteiger partial charge in [0, 0.05) is 11.4 Å². The van der Waals surface area contributed by atoms with Crippen LogP contribution in [0.4, 0.5) is 17.1 Å². The number of nitrogens with one attached hydrogen (secondary N) is 1. The fourth-order valence-corrected chi connectivity index (χ4v) is 1.32. The first-order valence-corrected chi connectivity index (χ1v) is 6.76. The summed E-state index contributed by atoms with van der Waals surface area (Å²) in [6.07, 6.45) is 0. The smallest absolute Gasteiger partial charge is 0.215 e. The van der Waals surface area contributed by atoms with Gasteiger partial charge in [0.15, 0.2) is 0 Å². The van der Waals surface area contributed by atoms with Crippen LogP contribution in [-0.4, -0.2) is 17.5 Å². The Morgan fingerprint density at radius 2 is 1.45 bits per heavy atom. The van der Waals surface area contributed by atoms with Gasteiger partial charge in [0.2, 0.25) is 10.4 Å². The molecule has 0 saturated carbocycles. The lowest BCUT2D eigenvalue weighted by Crippen LogP contribution is -2.21. The van der Waals surface area contributed by atoms with Crippen molar-refractivity contribution < 1.29 is 23.1 Å². The molecule has 0 fully saturated rings. The molecule has 0 aliphatic rings. The molecule has 0 atom stereocenters. The van der Waals surface area contributed by atoms with Crippen LogP contribution in [0.25, 0.3) is 0 Å². The average molecular weight is 295 g/mol. The van der Waals surface area contributed by atoms with Gasteiger partial charge < -0.3 is 9.87 Å². The SMILES string of the molecule is O=S(=O)([O-])O.[NH2+]=Nc1ccc(Nc2ccccc2)cc1. The van der Waals surface area contributed by atoms with Crippen molar-refractivity contribution >= 4 is 27.5 Å². The van der Waals surface area contributed by atoms with E-state index in [1.165, 1.54) is 0 Å². The summed E-state index contributed by atoms with van der Waals surface area (Å²) in [5.41, 5.74) is 8.02. The first-order valence-electron chi connectivity index (χ1n) is 5.40. The Morgan fingerprint density at radius 3 is 1.90 bits per heavy atom. The van der Waals surface area contributed by atoms with Gasteiger partial charge in [-0.2, -0.15) is 5.53 Å². The average Bonchev–Trinajstić information content (AvgIpc) is 2.39. The van der Waals surface area contributed by atoms with Gasteiger partial charge in [0.25, 0.3) is 0 Å². The van der Waals surface area contributed by atoms with Crippen LogP contribution in [0.3, 0.4) is 0 Å². The summed E-state index contributed by atoms with van der Waals surface area (Å²) in [7, 11) is -4.92. The summed E-state index contributed by atoms with van der Waals surface area (Å²) >= 11 is 0. The number of anilines is 2. The third-order valence-corrected chi connectivity index (χ3v) is 2.08. The molecule has 106 valence electrons. The fraction of sp³-hybridized carbons (Fsp3) is 0. The molecule has 4 N–H and O–H groups in total. The van der Waals surface area contributed by atoms with Gasteiger partial charge >= 0.3 is 0 Å². The van der Waals surface area contributed by atoms with Crippen LogP contribution < -0.4 is 10.8 Å². The Hall–Kier alpha value is -2.29. The van der Waals surface area contributed by atoms with E-state index < -0.39 is 10.4 Å². The van der Waals surface area contributed by atoms with E-state index in [1.807, 2.05) is 54.6 Å². The summed E-state index contributed by atoms with van der Waals surface area (Å²) in [4.78, 5) is 0. The first-order chi connectivity index (χ1) is 9.38. The lowest BCUT2D eigenvalue weighted by atomic mass is 10.2. The summed E-state index contributed by atoms with van der Waals surface area (Å²) < 4.78 is 32.8. The van der Waals surface area contributed by atoms with Gasteiger partial charge in [-0.05, 0) is 41.5 Å². The van der Waals surface area contributed by atoms with Gasteiger partial charge in [-0.1, -0.05) is 18.2 Å². The Kier molecular flexibility index (Phi) is 5.78. The molecule has 7 nitrogen and oxygen atoms in total. The van der Waals surface area contributed by atoms with Crippen LogP contribution in [0.2, 0.25) is 0 Å². The number of rotatable bonds is 3. The van der Waals surface area contributed by atoms with Crippen molar-refractivity contribution in [3.05, 3.63) is 54.6 Å². The van der Waals surface area contributed by atoms with Crippen LogP contribution >= 0.6 is 0 Å². The maximum atomic E-state index is 8.63. The zero-order valence-corrected chi connectivity index (χ0v) is 11.1. The van der Waals surface area contributed by atoms with E-state index in [1.54, 1.807) is 0 Å². The molecule has 2 rings (SSSR count). The van der Waals surface area contributed by atoms with Gasteiger partial charge in [-0.15, -0.1) is 0 Å². The van der Waals surface area contributed by atoms with E-state index in [-0.39, 0.29) is 0 Å². The molecular weight excluding hydrogens is 282 g/mol. The van der Waals surface area contributed by atoms with Crippen LogP contribution in [0.15, 0.2) is 59.7 Å². The number of benzene rings is 2. The Morgan fingerprint density at radius 1 is 1.00 bits per heavy atom. The predicted molar refractivity (Wildman–Crippen MR) is 72.5 cm³/mol. The van der Waals surface area contributed by atoms with E-state index >= 15 is 0 Å². The van der Waals surface area contributed by atoms with Crippen molar-refractivity contribution in [2.75, 3.05) is 5.32 Å². The maximum Gasteiger partial charge on any atom is 0.215 e. The van der Waals surface area contributed by atoms with Crippen molar-refractivity contribution in [3.8, 4) is 0 Å². The summed E-state index contributed by atoms with van der Waals surface area (Å²) in [6.45, 7) is 0. The molecule has 0 aromatic heterocycles. The molecule has 2 aromatic carbocycles. The number of para-hydroxylation sites is 1. The second-order valence-corrected chi connectivity index (χ2v) is 4.45. The lowest BCUT2D eigenvalue weighted by molar-refractivity contribution is -0.210. The third-order valence-electron chi connectivity index (χ3n) is 2.08. The molecule has 0 aliphatic heterocycles. The first kappa shape index (κ1) is 15.8. The second kappa shape index (κ2) is 7.34. The number of hydrogen-bond acceptors (Lipinski definition) is 5. The van der Waals surface area contributed by atoms with Crippen LogP contribution in [0.1, 0.15) is 0 Å². The van der Waals surface area contributed by atoms with E-state index in [9.17, 15) is 0 Å². The van der Waals surface area contributed by atoms with Crippen LogP contribution in [-0.2, 0) is 10.4 Å². The van der Waals surface area contributed by atoms with Crippen molar-refractivity contribution in [2.24, 2.45) is 5.11 Å². The second-order valence-electron chi connectivity index (χ2n) is 3.59. The molecule has 0 radical (unpaired) electrons. The molecular formula is C12H13N3O4S. The molecule has 0 heterocycles.